The highest BCUT2D eigenvalue weighted by Crippen LogP contribution is 2.38. The largest absolute Gasteiger partial charge is 0.304 e. The molecule has 0 aliphatic carbocycles. The molecule has 0 aromatic carbocycles. The van der Waals surface area contributed by atoms with E-state index in [1.54, 1.807) is 0 Å². The molecule has 0 amide bonds. The van der Waals surface area contributed by atoms with Crippen LogP contribution in [-0.4, -0.2) is 49.1 Å². The molecule has 0 aromatic rings. The molecule has 88 valence electrons. The van der Waals surface area contributed by atoms with Crippen molar-refractivity contribution < 1.29 is 0 Å². The van der Waals surface area contributed by atoms with Crippen LogP contribution in [-0.2, 0) is 0 Å². The van der Waals surface area contributed by atoms with Crippen LogP contribution in [0.5, 0.6) is 0 Å². The predicted octanol–water partition coefficient (Wildman–Crippen LogP) is 2.06. The zero-order valence-corrected chi connectivity index (χ0v) is 11.0. The van der Waals surface area contributed by atoms with Crippen molar-refractivity contribution in [3.8, 4) is 0 Å². The third-order valence-corrected chi connectivity index (χ3v) is 4.11. The van der Waals surface area contributed by atoms with E-state index in [1.165, 1.54) is 25.9 Å². The molecule has 2 nitrogen and oxygen atoms in total. The summed E-state index contributed by atoms with van der Waals surface area (Å²) in [5.74, 6) is 0.937. The lowest BCUT2D eigenvalue weighted by molar-refractivity contribution is 0.176. The fraction of sp³-hybridized carbons (Fsp3) is 1.00. The maximum absolute atomic E-state index is 2.65. The van der Waals surface area contributed by atoms with Crippen LogP contribution in [0.25, 0.3) is 0 Å². The minimum Gasteiger partial charge on any atom is -0.304 e. The minimum absolute atomic E-state index is 0.476. The van der Waals surface area contributed by atoms with Gasteiger partial charge < -0.3 is 4.90 Å². The Hall–Kier alpha value is -0.0800. The fourth-order valence-electron chi connectivity index (χ4n) is 3.48. The molecule has 3 unspecified atom stereocenters. The molecule has 2 fully saturated rings. The van der Waals surface area contributed by atoms with Gasteiger partial charge in [0.1, 0.15) is 0 Å². The first-order valence-electron chi connectivity index (χ1n) is 6.27. The Labute approximate surface area is 94.6 Å². The second kappa shape index (κ2) is 3.74. The van der Waals surface area contributed by atoms with E-state index in [4.69, 9.17) is 0 Å². The maximum Gasteiger partial charge on any atom is 0.0263 e. The van der Waals surface area contributed by atoms with Gasteiger partial charge in [-0.1, -0.05) is 20.8 Å². The van der Waals surface area contributed by atoms with Crippen LogP contribution in [0.15, 0.2) is 0 Å². The molecule has 2 saturated heterocycles. The van der Waals surface area contributed by atoms with Gasteiger partial charge in [0.25, 0.3) is 0 Å². The zero-order valence-electron chi connectivity index (χ0n) is 11.0. The van der Waals surface area contributed by atoms with Crippen molar-refractivity contribution in [2.24, 2.45) is 11.3 Å². The van der Waals surface area contributed by atoms with Gasteiger partial charge in [-0.25, -0.2) is 0 Å². The summed E-state index contributed by atoms with van der Waals surface area (Å²) in [4.78, 5) is 5.14. The number of nitrogens with zero attached hydrogens (tertiary/aromatic N) is 2. The average Bonchev–Trinajstić information content (AvgIpc) is 2.51. The van der Waals surface area contributed by atoms with E-state index in [0.29, 0.717) is 5.41 Å². The van der Waals surface area contributed by atoms with E-state index < -0.39 is 0 Å². The summed E-state index contributed by atoms with van der Waals surface area (Å²) in [6.07, 6.45) is 2.77. The van der Waals surface area contributed by atoms with Crippen molar-refractivity contribution in [2.45, 2.75) is 45.7 Å². The first kappa shape index (κ1) is 11.4. The maximum atomic E-state index is 2.65. The summed E-state index contributed by atoms with van der Waals surface area (Å²) in [6.45, 7) is 9.68. The normalized spacial score (nSPS) is 38.6. The molecule has 2 rings (SSSR count). The van der Waals surface area contributed by atoms with Gasteiger partial charge in [-0.05, 0) is 38.3 Å². The van der Waals surface area contributed by atoms with Crippen LogP contribution in [0.3, 0.4) is 0 Å². The Bertz CT molecular complexity index is 231. The number of rotatable bonds is 1. The summed E-state index contributed by atoms with van der Waals surface area (Å²) in [5.41, 5.74) is 0.476. The molecule has 0 radical (unpaired) electrons. The monoisotopic (exact) mass is 210 g/mol. The standard InChI is InChI=1S/C13H26N2/c1-13(2,3)7-11-6-10-8-14(4)9-12(10)15(11)5/h10-12H,6-9H2,1-5H3. The number of likely N-dealkylation sites (N-methyl/N-ethyl adjacent to an activating group) is 2. The van der Waals surface area contributed by atoms with Crippen LogP contribution in [0.4, 0.5) is 0 Å². The predicted molar refractivity (Wildman–Crippen MR) is 65.0 cm³/mol. The van der Waals surface area contributed by atoms with E-state index in [9.17, 15) is 0 Å². The average molecular weight is 210 g/mol. The van der Waals surface area contributed by atoms with E-state index in [0.717, 1.165) is 18.0 Å². The molecule has 2 aliphatic rings. The van der Waals surface area contributed by atoms with Crippen LogP contribution in [0, 0.1) is 11.3 Å². The summed E-state index contributed by atoms with van der Waals surface area (Å²) in [7, 11) is 4.59. The van der Waals surface area contributed by atoms with E-state index in [-0.39, 0.29) is 0 Å². The number of hydrogen-bond donors (Lipinski definition) is 0. The van der Waals surface area contributed by atoms with Crippen molar-refractivity contribution in [3.05, 3.63) is 0 Å². The van der Waals surface area contributed by atoms with E-state index in [1.807, 2.05) is 0 Å². The van der Waals surface area contributed by atoms with Crippen molar-refractivity contribution in [1.82, 2.24) is 9.80 Å². The highest BCUT2D eigenvalue weighted by Gasteiger charge is 2.44. The summed E-state index contributed by atoms with van der Waals surface area (Å²) < 4.78 is 0. The van der Waals surface area contributed by atoms with Crippen LogP contribution < -0.4 is 0 Å². The highest BCUT2D eigenvalue weighted by molar-refractivity contribution is 4.99. The lowest BCUT2D eigenvalue weighted by Gasteiger charge is -2.30. The van der Waals surface area contributed by atoms with Gasteiger partial charge in [0, 0.05) is 25.2 Å². The van der Waals surface area contributed by atoms with Crippen LogP contribution >= 0.6 is 0 Å². The van der Waals surface area contributed by atoms with Gasteiger partial charge in [0.15, 0.2) is 0 Å². The first-order valence-corrected chi connectivity index (χ1v) is 6.27. The van der Waals surface area contributed by atoms with E-state index >= 15 is 0 Å². The SMILES string of the molecule is CN1CC2CC(CC(C)(C)C)N(C)C2C1. The van der Waals surface area contributed by atoms with Gasteiger partial charge in [0.2, 0.25) is 0 Å². The lowest BCUT2D eigenvalue weighted by Crippen LogP contribution is -2.37. The lowest BCUT2D eigenvalue weighted by atomic mass is 9.86. The zero-order chi connectivity index (χ0) is 11.2. The molecule has 2 aliphatic heterocycles. The minimum atomic E-state index is 0.476. The fourth-order valence-corrected chi connectivity index (χ4v) is 3.48. The molecule has 2 heterocycles. The second-order valence-electron chi connectivity index (χ2n) is 6.87. The molecule has 0 bridgehead atoms. The third kappa shape index (κ3) is 2.36. The number of fused-ring (bicyclic) bond motifs is 1. The molecular formula is C13H26N2. The van der Waals surface area contributed by atoms with Crippen molar-refractivity contribution in [3.63, 3.8) is 0 Å². The third-order valence-electron chi connectivity index (χ3n) is 4.11. The summed E-state index contributed by atoms with van der Waals surface area (Å²) in [5, 5.41) is 0. The van der Waals surface area contributed by atoms with Gasteiger partial charge in [-0.3, -0.25) is 4.90 Å². The molecule has 0 aromatic heterocycles. The Morgan fingerprint density at radius 3 is 2.33 bits per heavy atom. The molecule has 0 spiro atoms. The van der Waals surface area contributed by atoms with Gasteiger partial charge in [-0.2, -0.15) is 0 Å². The first-order chi connectivity index (χ1) is 6.87. The Morgan fingerprint density at radius 1 is 1.13 bits per heavy atom. The quantitative estimate of drug-likeness (QED) is 0.653. The molecule has 0 saturated carbocycles. The molecule has 2 heteroatoms. The van der Waals surface area contributed by atoms with Crippen LogP contribution in [0.1, 0.15) is 33.6 Å². The Balaban J connectivity index is 1.97. The summed E-state index contributed by atoms with van der Waals surface area (Å²) in [6, 6.07) is 1.66. The van der Waals surface area contributed by atoms with Crippen molar-refractivity contribution in [1.29, 1.82) is 0 Å². The number of likely N-dealkylation sites (tertiary alicyclic amines) is 2. The van der Waals surface area contributed by atoms with Crippen molar-refractivity contribution >= 4 is 0 Å². The highest BCUT2D eigenvalue weighted by atomic mass is 15.3. The van der Waals surface area contributed by atoms with Gasteiger partial charge in [-0.15, -0.1) is 0 Å². The van der Waals surface area contributed by atoms with Crippen molar-refractivity contribution in [2.75, 3.05) is 27.2 Å². The second-order valence-corrected chi connectivity index (χ2v) is 6.87. The molecule has 3 atom stereocenters. The van der Waals surface area contributed by atoms with Crippen LogP contribution in [0.2, 0.25) is 0 Å². The Morgan fingerprint density at radius 2 is 1.80 bits per heavy atom. The molecule has 0 N–H and O–H groups in total. The topological polar surface area (TPSA) is 6.48 Å². The van der Waals surface area contributed by atoms with E-state index in [2.05, 4.69) is 44.7 Å². The van der Waals surface area contributed by atoms with Gasteiger partial charge in [0.05, 0.1) is 0 Å². The smallest absolute Gasteiger partial charge is 0.0263 e. The summed E-state index contributed by atoms with van der Waals surface area (Å²) >= 11 is 0. The molecular weight excluding hydrogens is 184 g/mol. The number of hydrogen-bond acceptors (Lipinski definition) is 2. The Kier molecular flexibility index (Phi) is 2.85. The van der Waals surface area contributed by atoms with Gasteiger partial charge >= 0.3 is 0 Å². The molecule has 15 heavy (non-hydrogen) atoms.